The second kappa shape index (κ2) is 21.1. The highest BCUT2D eigenvalue weighted by molar-refractivity contribution is 6.06. The molecule has 0 amide bonds. The lowest BCUT2D eigenvalue weighted by atomic mass is 9.93. The van der Waals surface area contributed by atoms with E-state index in [1.807, 2.05) is 0 Å². The molecule has 10 rings (SSSR count). The topological polar surface area (TPSA) is 15.7 Å². The molecule has 0 N–H and O–H groups in total. The van der Waals surface area contributed by atoms with Gasteiger partial charge in [-0.15, -0.1) is 0 Å². The summed E-state index contributed by atoms with van der Waals surface area (Å²) in [7, 11) is 1.72. The molecule has 0 aliphatic heterocycles. The molecular weight excluding hydrogens is 849 g/mol. The number of nitrogens with zero attached hydrogens (tertiary/aromatic N) is 2. The Hall–Kier alpha value is -8.66. The van der Waals surface area contributed by atoms with Crippen LogP contribution in [-0.2, 0) is 13.1 Å². The first-order valence-corrected chi connectivity index (χ1v) is 24.1. The van der Waals surface area contributed by atoms with Crippen molar-refractivity contribution in [3.05, 3.63) is 304 Å². The number of ether oxygens (including phenoxy) is 1. The lowest BCUT2D eigenvalue weighted by Crippen LogP contribution is -2.23. The van der Waals surface area contributed by atoms with Crippen LogP contribution < -0.4 is 14.5 Å². The Labute approximate surface area is 413 Å². The number of anilines is 4. The molecule has 0 radical (unpaired) electrons. The maximum absolute atomic E-state index is 5.72. The minimum atomic E-state index is 0.710. The lowest BCUT2D eigenvalue weighted by molar-refractivity contribution is 0.415. The second-order valence-corrected chi connectivity index (χ2v) is 17.9. The van der Waals surface area contributed by atoms with Crippen LogP contribution in [0.25, 0.3) is 34.1 Å². The molecule has 0 saturated heterocycles. The van der Waals surface area contributed by atoms with E-state index in [0.29, 0.717) is 13.1 Å². The fraction of sp³-hybridized carbons (Fsp3) is 0.0746. The summed E-state index contributed by atoms with van der Waals surface area (Å²) < 4.78 is 5.72. The zero-order valence-electron chi connectivity index (χ0n) is 40.0. The van der Waals surface area contributed by atoms with Crippen molar-refractivity contribution < 1.29 is 4.74 Å². The van der Waals surface area contributed by atoms with Gasteiger partial charge in [0.15, 0.2) is 0 Å². The third kappa shape index (κ3) is 10.3. The van der Waals surface area contributed by atoms with Gasteiger partial charge in [0, 0.05) is 35.5 Å². The molecule has 10 aromatic carbocycles. The van der Waals surface area contributed by atoms with Gasteiger partial charge in [0.2, 0.25) is 0 Å². The van der Waals surface area contributed by atoms with E-state index in [2.05, 4.69) is 285 Å². The number of methoxy groups -OCH3 is 1. The normalized spacial score (nSPS) is 10.9. The predicted octanol–water partition coefficient (Wildman–Crippen LogP) is 17.3. The Balaban J connectivity index is 1.21. The molecule has 0 aliphatic carbocycles. The first-order valence-electron chi connectivity index (χ1n) is 24.1. The van der Waals surface area contributed by atoms with E-state index in [1.54, 1.807) is 7.11 Å². The molecule has 10 aromatic rings. The summed E-state index contributed by atoms with van der Waals surface area (Å²) in [5.41, 5.74) is 18.5. The van der Waals surface area contributed by atoms with Crippen LogP contribution in [0.3, 0.4) is 0 Å². The SMILES string of the molecule is COc1ccc(N(c2ccc(C=C(c3ccc(C)cc3)c3ccc(C)cc3)c(N(Cc3ccccc3)Cc3ccccc3)c2)c2ccc(C=C(c3ccccc3)c3ccccc3)c3ccccc23)cc1. The van der Waals surface area contributed by atoms with Crippen LogP contribution in [0.4, 0.5) is 22.7 Å². The molecule has 0 aromatic heterocycles. The summed E-state index contributed by atoms with van der Waals surface area (Å²) in [5, 5.41) is 2.31. The Bertz CT molecular complexity index is 3250. The van der Waals surface area contributed by atoms with Crippen molar-refractivity contribution in [3.63, 3.8) is 0 Å². The maximum atomic E-state index is 5.72. The number of fused-ring (bicyclic) bond motifs is 1. The molecule has 3 heteroatoms. The Kier molecular flexibility index (Phi) is 13.6. The van der Waals surface area contributed by atoms with Gasteiger partial charge in [0.1, 0.15) is 5.75 Å². The molecule has 3 nitrogen and oxygen atoms in total. The zero-order valence-corrected chi connectivity index (χ0v) is 40.0. The van der Waals surface area contributed by atoms with Crippen LogP contribution >= 0.6 is 0 Å². The van der Waals surface area contributed by atoms with Gasteiger partial charge in [-0.25, -0.2) is 0 Å². The van der Waals surface area contributed by atoms with E-state index >= 15 is 0 Å². The van der Waals surface area contributed by atoms with Gasteiger partial charge >= 0.3 is 0 Å². The summed E-state index contributed by atoms with van der Waals surface area (Å²) in [4.78, 5) is 4.94. The maximum Gasteiger partial charge on any atom is 0.119 e. The summed E-state index contributed by atoms with van der Waals surface area (Å²) in [6, 6.07) is 89.7. The van der Waals surface area contributed by atoms with Crippen LogP contribution in [0.1, 0.15) is 55.6 Å². The molecule has 0 heterocycles. The Morgan fingerprint density at radius 2 is 0.814 bits per heavy atom. The summed E-state index contributed by atoms with van der Waals surface area (Å²) in [6.45, 7) is 5.72. The van der Waals surface area contributed by atoms with Crippen molar-refractivity contribution in [2.75, 3.05) is 16.9 Å². The Morgan fingerprint density at radius 1 is 0.386 bits per heavy atom. The fourth-order valence-electron chi connectivity index (χ4n) is 9.37. The van der Waals surface area contributed by atoms with Crippen LogP contribution in [0.2, 0.25) is 0 Å². The number of benzene rings is 10. The molecule has 0 fully saturated rings. The van der Waals surface area contributed by atoms with E-state index in [0.717, 1.165) is 45.0 Å². The first kappa shape index (κ1) is 45.1. The van der Waals surface area contributed by atoms with Gasteiger partial charge in [-0.1, -0.05) is 217 Å². The van der Waals surface area contributed by atoms with Crippen molar-refractivity contribution >= 4 is 56.8 Å². The van der Waals surface area contributed by atoms with E-state index in [1.165, 1.54) is 61.0 Å². The van der Waals surface area contributed by atoms with Gasteiger partial charge in [-0.05, 0) is 130 Å². The van der Waals surface area contributed by atoms with Crippen molar-refractivity contribution in [1.82, 2.24) is 0 Å². The van der Waals surface area contributed by atoms with Crippen molar-refractivity contribution in [2.45, 2.75) is 26.9 Å². The number of aryl methyl sites for hydroxylation is 2. The minimum Gasteiger partial charge on any atom is -0.497 e. The Morgan fingerprint density at radius 3 is 1.33 bits per heavy atom. The van der Waals surface area contributed by atoms with Gasteiger partial charge in [-0.2, -0.15) is 0 Å². The molecule has 70 heavy (non-hydrogen) atoms. The summed E-state index contributed by atoms with van der Waals surface area (Å²) in [5.74, 6) is 0.807. The van der Waals surface area contributed by atoms with E-state index in [-0.39, 0.29) is 0 Å². The first-order chi connectivity index (χ1) is 34.5. The van der Waals surface area contributed by atoms with Crippen LogP contribution in [0.5, 0.6) is 5.75 Å². The van der Waals surface area contributed by atoms with Crippen molar-refractivity contribution in [1.29, 1.82) is 0 Å². The summed E-state index contributed by atoms with van der Waals surface area (Å²) in [6.07, 6.45) is 4.74. The number of hydrogen-bond acceptors (Lipinski definition) is 3. The second-order valence-electron chi connectivity index (χ2n) is 17.9. The quantitative estimate of drug-likeness (QED) is 0.0954. The molecule has 0 aliphatic rings. The highest BCUT2D eigenvalue weighted by Gasteiger charge is 2.22. The largest absolute Gasteiger partial charge is 0.497 e. The zero-order chi connectivity index (χ0) is 47.7. The molecule has 0 unspecified atom stereocenters. The van der Waals surface area contributed by atoms with Crippen LogP contribution in [-0.4, -0.2) is 7.11 Å². The third-order valence-electron chi connectivity index (χ3n) is 13.0. The van der Waals surface area contributed by atoms with E-state index in [4.69, 9.17) is 4.74 Å². The number of rotatable bonds is 15. The molecule has 340 valence electrons. The van der Waals surface area contributed by atoms with Crippen molar-refractivity contribution in [3.8, 4) is 5.75 Å². The highest BCUT2D eigenvalue weighted by Crippen LogP contribution is 2.44. The monoisotopic (exact) mass is 904 g/mol. The van der Waals surface area contributed by atoms with Gasteiger partial charge in [-0.3, -0.25) is 0 Å². The van der Waals surface area contributed by atoms with E-state index in [9.17, 15) is 0 Å². The molecule has 0 bridgehead atoms. The lowest BCUT2D eigenvalue weighted by Gasteiger charge is -2.31. The molecule has 0 spiro atoms. The van der Waals surface area contributed by atoms with Crippen LogP contribution in [0, 0.1) is 13.8 Å². The molecule has 0 saturated carbocycles. The average Bonchev–Trinajstić information content (AvgIpc) is 3.42. The fourth-order valence-corrected chi connectivity index (χ4v) is 9.37. The third-order valence-corrected chi connectivity index (χ3v) is 13.0. The smallest absolute Gasteiger partial charge is 0.119 e. The van der Waals surface area contributed by atoms with Gasteiger partial charge < -0.3 is 14.5 Å². The molecule has 0 atom stereocenters. The van der Waals surface area contributed by atoms with Gasteiger partial charge in [0.25, 0.3) is 0 Å². The summed E-state index contributed by atoms with van der Waals surface area (Å²) >= 11 is 0. The predicted molar refractivity (Wildman–Crippen MR) is 297 cm³/mol. The minimum absolute atomic E-state index is 0.710. The van der Waals surface area contributed by atoms with E-state index < -0.39 is 0 Å². The standard InChI is InChI=1S/C67H56N2O/c1-49-28-32-55(33-29-49)65(56-34-30-50(2)31-35-56)45-58-36-38-60(46-67(58)68(47-51-18-8-4-9-19-51)48-52-20-10-5-11-21-52)69(59-39-41-61(70-3)42-40-59)66-43-37-57(62-26-16-17-27-63(62)66)44-64(53-22-12-6-13-23-53)54-24-14-7-15-25-54/h4-46H,47-48H2,1-3H3. The molecular formula is C67H56N2O. The highest BCUT2D eigenvalue weighted by atomic mass is 16.5. The average molecular weight is 905 g/mol. The van der Waals surface area contributed by atoms with Crippen LogP contribution in [0.15, 0.2) is 249 Å². The van der Waals surface area contributed by atoms with Crippen molar-refractivity contribution in [2.24, 2.45) is 0 Å². The van der Waals surface area contributed by atoms with Gasteiger partial charge in [0.05, 0.1) is 12.8 Å². The number of hydrogen-bond donors (Lipinski definition) is 0.